The highest BCUT2D eigenvalue weighted by Gasteiger charge is 2.53. The van der Waals surface area contributed by atoms with E-state index in [0.717, 1.165) is 12.6 Å². The van der Waals surface area contributed by atoms with Crippen molar-refractivity contribution in [3.63, 3.8) is 0 Å². The molecule has 4 rings (SSSR count). The van der Waals surface area contributed by atoms with Crippen molar-refractivity contribution in [1.82, 2.24) is 15.2 Å². The molecule has 2 aromatic carbocycles. The summed E-state index contributed by atoms with van der Waals surface area (Å²) in [6.07, 6.45) is -2.89. The molecule has 2 heterocycles. The molecule has 32 heavy (non-hydrogen) atoms. The van der Waals surface area contributed by atoms with E-state index in [9.17, 15) is 13.2 Å². The van der Waals surface area contributed by atoms with Gasteiger partial charge in [-0.25, -0.2) is 0 Å². The summed E-state index contributed by atoms with van der Waals surface area (Å²) in [5.41, 5.74) is 4.53. The maximum absolute atomic E-state index is 14.3. The summed E-state index contributed by atoms with van der Waals surface area (Å²) in [4.78, 5) is 4.16. The molecule has 4 aromatic rings. The first-order chi connectivity index (χ1) is 15.3. The third-order valence-corrected chi connectivity index (χ3v) is 5.26. The largest absolute Gasteiger partial charge is 0.487 e. The Balaban J connectivity index is 1.60. The number of anilines is 1. The zero-order valence-electron chi connectivity index (χ0n) is 17.0. The Bertz CT molecular complexity index is 1180. The standard InChI is InChI=1S/C23H19F3N4O2/c1-22(23(24,25)26,16-7-5-15(6-8-16)20-29-30-21(27)32-20)17-9-11-19(12-10-17)31-14-18-4-2-3-13-28-18/h2-13H,14H2,1H3,(H2,27,30). The Hall–Kier alpha value is -3.88. The van der Waals surface area contributed by atoms with Crippen LogP contribution >= 0.6 is 0 Å². The van der Waals surface area contributed by atoms with E-state index >= 15 is 0 Å². The van der Waals surface area contributed by atoms with E-state index in [2.05, 4.69) is 15.2 Å². The third kappa shape index (κ3) is 4.14. The molecule has 2 N–H and O–H groups in total. The molecule has 0 aliphatic rings. The molecule has 0 saturated carbocycles. The SMILES string of the molecule is CC(c1ccc(OCc2ccccn2)cc1)(c1ccc(-c2nnc(N)o2)cc1)C(F)(F)F. The summed E-state index contributed by atoms with van der Waals surface area (Å²) in [5, 5.41) is 7.31. The molecule has 9 heteroatoms. The van der Waals surface area contributed by atoms with Crippen LogP contribution in [0.25, 0.3) is 11.5 Å². The lowest BCUT2D eigenvalue weighted by molar-refractivity contribution is -0.173. The number of pyridine rings is 1. The van der Waals surface area contributed by atoms with Gasteiger partial charge in [0.25, 0.3) is 0 Å². The number of rotatable bonds is 6. The van der Waals surface area contributed by atoms with E-state index in [1.165, 1.54) is 48.5 Å². The van der Waals surface area contributed by atoms with Crippen molar-refractivity contribution in [3.05, 3.63) is 89.7 Å². The number of aromatic nitrogens is 3. The molecule has 0 aliphatic heterocycles. The Labute approximate surface area is 181 Å². The fourth-order valence-electron chi connectivity index (χ4n) is 3.32. The lowest BCUT2D eigenvalue weighted by Gasteiger charge is -2.33. The fourth-order valence-corrected chi connectivity index (χ4v) is 3.32. The fraction of sp³-hybridized carbons (Fsp3) is 0.174. The van der Waals surface area contributed by atoms with E-state index in [1.54, 1.807) is 18.3 Å². The number of nitrogens with two attached hydrogens (primary N) is 1. The Morgan fingerprint density at radius 3 is 2.09 bits per heavy atom. The molecule has 1 atom stereocenters. The van der Waals surface area contributed by atoms with E-state index in [4.69, 9.17) is 14.9 Å². The average Bonchev–Trinajstić information content (AvgIpc) is 3.24. The summed E-state index contributed by atoms with van der Waals surface area (Å²) >= 11 is 0. The Morgan fingerprint density at radius 2 is 1.56 bits per heavy atom. The molecule has 2 aromatic heterocycles. The van der Waals surface area contributed by atoms with Gasteiger partial charge in [0.05, 0.1) is 5.69 Å². The average molecular weight is 440 g/mol. The van der Waals surface area contributed by atoms with Gasteiger partial charge >= 0.3 is 12.2 Å². The molecule has 0 amide bonds. The highest BCUT2D eigenvalue weighted by atomic mass is 19.4. The van der Waals surface area contributed by atoms with Crippen LogP contribution in [0.5, 0.6) is 5.75 Å². The molecule has 6 nitrogen and oxygen atoms in total. The highest BCUT2D eigenvalue weighted by Crippen LogP contribution is 2.46. The maximum atomic E-state index is 14.3. The molecule has 0 fully saturated rings. The number of hydrogen-bond acceptors (Lipinski definition) is 6. The van der Waals surface area contributed by atoms with E-state index < -0.39 is 11.6 Å². The van der Waals surface area contributed by atoms with Gasteiger partial charge in [-0.15, -0.1) is 5.10 Å². The van der Waals surface area contributed by atoms with Gasteiger partial charge in [-0.3, -0.25) is 4.98 Å². The zero-order valence-corrected chi connectivity index (χ0v) is 17.0. The second-order valence-electron chi connectivity index (χ2n) is 7.28. The number of alkyl halides is 3. The van der Waals surface area contributed by atoms with E-state index in [1.807, 2.05) is 6.07 Å². The predicted octanol–water partition coefficient (Wildman–Crippen LogP) is 5.16. The van der Waals surface area contributed by atoms with Crippen molar-refractivity contribution < 1.29 is 22.3 Å². The number of nitrogens with zero attached hydrogens (tertiary/aromatic N) is 3. The van der Waals surface area contributed by atoms with E-state index in [-0.39, 0.29) is 29.6 Å². The van der Waals surface area contributed by atoms with Crippen LogP contribution in [0.2, 0.25) is 0 Å². The van der Waals surface area contributed by atoms with Crippen molar-refractivity contribution in [1.29, 1.82) is 0 Å². The first-order valence-electron chi connectivity index (χ1n) is 9.67. The van der Waals surface area contributed by atoms with Gasteiger partial charge in [0.1, 0.15) is 17.8 Å². The minimum absolute atomic E-state index is 0.0726. The predicted molar refractivity (Wildman–Crippen MR) is 112 cm³/mol. The summed E-state index contributed by atoms with van der Waals surface area (Å²) in [5.74, 6) is 0.588. The van der Waals surface area contributed by atoms with Gasteiger partial charge in [0.2, 0.25) is 5.89 Å². The van der Waals surface area contributed by atoms with Gasteiger partial charge < -0.3 is 14.9 Å². The van der Waals surface area contributed by atoms with Gasteiger partial charge in [-0.1, -0.05) is 35.4 Å². The molecular formula is C23H19F3N4O2. The van der Waals surface area contributed by atoms with Crippen molar-refractivity contribution in [2.75, 3.05) is 5.73 Å². The lowest BCUT2D eigenvalue weighted by atomic mass is 9.75. The zero-order chi connectivity index (χ0) is 22.8. The first-order valence-corrected chi connectivity index (χ1v) is 9.67. The van der Waals surface area contributed by atoms with Crippen molar-refractivity contribution >= 4 is 6.01 Å². The monoisotopic (exact) mass is 440 g/mol. The minimum atomic E-state index is -4.54. The molecule has 0 spiro atoms. The number of ether oxygens (including phenoxy) is 1. The van der Waals surface area contributed by atoms with Crippen LogP contribution in [-0.4, -0.2) is 21.4 Å². The van der Waals surface area contributed by atoms with Crippen molar-refractivity contribution in [2.24, 2.45) is 0 Å². The van der Waals surface area contributed by atoms with Crippen LogP contribution in [0.15, 0.2) is 77.3 Å². The second-order valence-corrected chi connectivity index (χ2v) is 7.28. The molecular weight excluding hydrogens is 421 g/mol. The van der Waals surface area contributed by atoms with Gasteiger partial charge in [-0.05, 0) is 54.4 Å². The molecule has 0 aliphatic carbocycles. The summed E-state index contributed by atoms with van der Waals surface area (Å²) in [7, 11) is 0. The van der Waals surface area contributed by atoms with Crippen LogP contribution in [0.3, 0.4) is 0 Å². The topological polar surface area (TPSA) is 87.1 Å². The van der Waals surface area contributed by atoms with Crippen LogP contribution in [0, 0.1) is 0 Å². The number of halogens is 3. The molecule has 164 valence electrons. The molecule has 1 unspecified atom stereocenters. The summed E-state index contributed by atoms with van der Waals surface area (Å²) < 4.78 is 53.6. The second kappa shape index (κ2) is 8.33. The highest BCUT2D eigenvalue weighted by molar-refractivity contribution is 5.55. The summed E-state index contributed by atoms with van der Waals surface area (Å²) in [6, 6.07) is 17.0. The van der Waals surface area contributed by atoms with Crippen molar-refractivity contribution in [3.8, 4) is 17.2 Å². The van der Waals surface area contributed by atoms with Crippen molar-refractivity contribution in [2.45, 2.75) is 25.1 Å². The third-order valence-electron chi connectivity index (χ3n) is 5.26. The number of hydrogen-bond donors (Lipinski definition) is 1. The van der Waals surface area contributed by atoms with Crippen LogP contribution in [-0.2, 0) is 12.0 Å². The van der Waals surface area contributed by atoms with E-state index in [0.29, 0.717) is 11.3 Å². The number of nitrogen functional groups attached to an aromatic ring is 1. The normalized spacial score (nSPS) is 13.5. The Morgan fingerprint density at radius 1 is 0.906 bits per heavy atom. The maximum Gasteiger partial charge on any atom is 0.402 e. The number of benzene rings is 2. The molecule has 0 radical (unpaired) electrons. The molecule has 0 bridgehead atoms. The quantitative estimate of drug-likeness (QED) is 0.446. The smallest absolute Gasteiger partial charge is 0.402 e. The molecule has 0 saturated heterocycles. The van der Waals surface area contributed by atoms with Crippen LogP contribution in [0.4, 0.5) is 19.2 Å². The minimum Gasteiger partial charge on any atom is -0.487 e. The Kier molecular flexibility index (Phi) is 5.56. The van der Waals surface area contributed by atoms with Gasteiger partial charge in [0.15, 0.2) is 0 Å². The first kappa shape index (κ1) is 21.4. The van der Waals surface area contributed by atoms with Crippen LogP contribution < -0.4 is 10.5 Å². The lowest BCUT2D eigenvalue weighted by Crippen LogP contribution is -2.40. The van der Waals surface area contributed by atoms with Crippen LogP contribution in [0.1, 0.15) is 23.7 Å². The summed E-state index contributed by atoms with van der Waals surface area (Å²) in [6.45, 7) is 1.37. The van der Waals surface area contributed by atoms with Gasteiger partial charge in [0, 0.05) is 11.8 Å². The van der Waals surface area contributed by atoms with Gasteiger partial charge in [-0.2, -0.15) is 13.2 Å².